The summed E-state index contributed by atoms with van der Waals surface area (Å²) in [7, 11) is 0. The van der Waals surface area contributed by atoms with Crippen LogP contribution in [0.3, 0.4) is 0 Å². The molecular weight excluding hydrogens is 620 g/mol. The summed E-state index contributed by atoms with van der Waals surface area (Å²) in [6.07, 6.45) is 0.823. The van der Waals surface area contributed by atoms with E-state index in [1.807, 2.05) is 72.8 Å². The minimum atomic E-state index is -0.673. The van der Waals surface area contributed by atoms with Crippen molar-refractivity contribution in [3.8, 4) is 0 Å². The molecule has 3 aromatic carbocycles. The van der Waals surface area contributed by atoms with Gasteiger partial charge in [-0.25, -0.2) is 10.0 Å². The Kier molecular flexibility index (Phi) is 8.54. The SMILES string of the molecule is CCN(CC)CCC(=O)N1N=C(C2C(=O)N=c3ccc(Br)cc3=C2c2ccccc2)CC1c1ccc(Br)cc1. The molecule has 2 atom stereocenters. The molecule has 39 heavy (non-hydrogen) atoms. The highest BCUT2D eigenvalue weighted by Gasteiger charge is 2.40. The second-order valence-electron chi connectivity index (χ2n) is 9.70. The first-order valence-corrected chi connectivity index (χ1v) is 14.8. The number of nitrogens with zero attached hydrogens (tertiary/aromatic N) is 4. The Morgan fingerprint density at radius 3 is 2.36 bits per heavy atom. The molecule has 8 heteroatoms. The maximum atomic E-state index is 13.7. The van der Waals surface area contributed by atoms with E-state index in [-0.39, 0.29) is 17.9 Å². The molecule has 0 saturated heterocycles. The molecule has 2 unspecified atom stereocenters. The van der Waals surface area contributed by atoms with Crippen LogP contribution >= 0.6 is 31.9 Å². The third-order valence-electron chi connectivity index (χ3n) is 7.41. The highest BCUT2D eigenvalue weighted by Crippen LogP contribution is 2.37. The van der Waals surface area contributed by atoms with E-state index in [4.69, 9.17) is 5.10 Å². The number of halogens is 2. The van der Waals surface area contributed by atoms with E-state index in [1.165, 1.54) is 0 Å². The Balaban J connectivity index is 1.60. The molecule has 0 fully saturated rings. The van der Waals surface area contributed by atoms with Gasteiger partial charge in [-0.1, -0.05) is 88.2 Å². The van der Waals surface area contributed by atoms with Crippen molar-refractivity contribution in [3.63, 3.8) is 0 Å². The van der Waals surface area contributed by atoms with E-state index < -0.39 is 5.92 Å². The van der Waals surface area contributed by atoms with E-state index in [0.717, 1.165) is 44.0 Å². The summed E-state index contributed by atoms with van der Waals surface area (Å²) in [6.45, 7) is 6.63. The molecule has 0 aliphatic carbocycles. The molecule has 2 heterocycles. The summed E-state index contributed by atoms with van der Waals surface area (Å²) >= 11 is 7.11. The first kappa shape index (κ1) is 27.6. The molecule has 0 aromatic heterocycles. The topological polar surface area (TPSA) is 65.3 Å². The lowest BCUT2D eigenvalue weighted by Crippen LogP contribution is -2.40. The molecular formula is C31H30Br2N4O2. The predicted octanol–water partition coefficient (Wildman–Crippen LogP) is 5.25. The molecule has 2 aliphatic rings. The van der Waals surface area contributed by atoms with E-state index in [1.54, 1.807) is 5.01 Å². The normalized spacial score (nSPS) is 18.7. The highest BCUT2D eigenvalue weighted by molar-refractivity contribution is 9.10. The van der Waals surface area contributed by atoms with Crippen LogP contribution in [0.1, 0.15) is 43.9 Å². The molecule has 200 valence electrons. The average molecular weight is 650 g/mol. The van der Waals surface area contributed by atoms with E-state index in [9.17, 15) is 9.59 Å². The van der Waals surface area contributed by atoms with Gasteiger partial charge >= 0.3 is 0 Å². The van der Waals surface area contributed by atoms with Crippen molar-refractivity contribution in [1.82, 2.24) is 9.91 Å². The van der Waals surface area contributed by atoms with Crippen LogP contribution in [0.15, 0.2) is 91.8 Å². The molecule has 0 N–H and O–H groups in total. The van der Waals surface area contributed by atoms with Gasteiger partial charge in [0.15, 0.2) is 0 Å². The minimum Gasteiger partial charge on any atom is -0.303 e. The summed E-state index contributed by atoms with van der Waals surface area (Å²) in [4.78, 5) is 34.0. The molecule has 6 nitrogen and oxygen atoms in total. The fourth-order valence-corrected chi connectivity index (χ4v) is 5.95. The van der Waals surface area contributed by atoms with Gasteiger partial charge in [0.05, 0.1) is 17.1 Å². The lowest BCUT2D eigenvalue weighted by molar-refractivity contribution is -0.133. The molecule has 2 aliphatic heterocycles. The Morgan fingerprint density at radius 1 is 0.974 bits per heavy atom. The summed E-state index contributed by atoms with van der Waals surface area (Å²) in [5.74, 6) is -0.975. The molecule has 0 bridgehead atoms. The van der Waals surface area contributed by atoms with Crippen LogP contribution in [0.2, 0.25) is 0 Å². The fraction of sp³-hybridized carbons (Fsp3) is 0.290. The van der Waals surface area contributed by atoms with Gasteiger partial charge in [-0.15, -0.1) is 0 Å². The summed E-state index contributed by atoms with van der Waals surface area (Å²) < 4.78 is 1.88. The zero-order valence-corrected chi connectivity index (χ0v) is 25.2. The van der Waals surface area contributed by atoms with Crippen molar-refractivity contribution in [2.45, 2.75) is 32.7 Å². The number of hydrogen-bond acceptors (Lipinski definition) is 4. The van der Waals surface area contributed by atoms with Crippen LogP contribution in [0, 0.1) is 5.92 Å². The first-order chi connectivity index (χ1) is 18.9. The minimum absolute atomic E-state index is 0.0468. The van der Waals surface area contributed by atoms with Gasteiger partial charge < -0.3 is 4.90 Å². The monoisotopic (exact) mass is 648 g/mol. The molecule has 3 aromatic rings. The third-order valence-corrected chi connectivity index (χ3v) is 8.44. The molecule has 0 radical (unpaired) electrons. The number of hydrogen-bond donors (Lipinski definition) is 0. The summed E-state index contributed by atoms with van der Waals surface area (Å²) in [6, 6.07) is 23.4. The summed E-state index contributed by atoms with van der Waals surface area (Å²) in [5.41, 5.74) is 3.46. The Hall–Kier alpha value is -2.94. The number of amides is 2. The van der Waals surface area contributed by atoms with E-state index in [2.05, 4.69) is 55.6 Å². The van der Waals surface area contributed by atoms with Gasteiger partial charge in [0.1, 0.15) is 5.92 Å². The summed E-state index contributed by atoms with van der Waals surface area (Å²) in [5, 5.41) is 8.05. The van der Waals surface area contributed by atoms with Crippen LogP contribution < -0.4 is 10.6 Å². The lowest BCUT2D eigenvalue weighted by atomic mass is 9.82. The zero-order valence-electron chi connectivity index (χ0n) is 22.0. The van der Waals surface area contributed by atoms with Crippen LogP contribution in [-0.4, -0.2) is 47.1 Å². The zero-order chi connectivity index (χ0) is 27.5. The Morgan fingerprint density at radius 2 is 1.67 bits per heavy atom. The molecule has 5 rings (SSSR count). The van der Waals surface area contributed by atoms with Crippen molar-refractivity contribution in [2.24, 2.45) is 16.0 Å². The number of fused-ring (bicyclic) bond motifs is 1. The maximum Gasteiger partial charge on any atom is 0.259 e. The van der Waals surface area contributed by atoms with Crippen LogP contribution in [0.25, 0.3) is 5.57 Å². The molecule has 0 saturated carbocycles. The van der Waals surface area contributed by atoms with Crippen molar-refractivity contribution >= 4 is 55.0 Å². The molecule has 0 spiro atoms. The second-order valence-corrected chi connectivity index (χ2v) is 11.5. The maximum absolute atomic E-state index is 13.7. The van der Waals surface area contributed by atoms with Crippen LogP contribution in [-0.2, 0) is 9.59 Å². The van der Waals surface area contributed by atoms with Gasteiger partial charge in [0.2, 0.25) is 5.91 Å². The smallest absolute Gasteiger partial charge is 0.259 e. The number of carbonyl (C=O) groups excluding carboxylic acids is 2. The Labute approximate surface area is 245 Å². The largest absolute Gasteiger partial charge is 0.303 e. The van der Waals surface area contributed by atoms with Crippen LogP contribution in [0.5, 0.6) is 0 Å². The van der Waals surface area contributed by atoms with Gasteiger partial charge in [0.25, 0.3) is 5.91 Å². The Bertz CT molecular complexity index is 1530. The number of benzene rings is 3. The van der Waals surface area contributed by atoms with Crippen molar-refractivity contribution in [1.29, 1.82) is 0 Å². The second kappa shape index (κ2) is 12.1. The van der Waals surface area contributed by atoms with Crippen molar-refractivity contribution in [3.05, 3.63) is 103 Å². The van der Waals surface area contributed by atoms with Crippen LogP contribution in [0.4, 0.5) is 0 Å². The molecule has 2 amide bonds. The highest BCUT2D eigenvalue weighted by atomic mass is 79.9. The van der Waals surface area contributed by atoms with Gasteiger partial charge in [-0.2, -0.15) is 5.10 Å². The number of hydrazone groups is 1. The van der Waals surface area contributed by atoms with E-state index >= 15 is 0 Å². The standard InChI is InChI=1S/C31H30Br2N4O2/c1-3-36(4-2)17-16-28(38)37-27(20-10-12-22(32)13-11-20)19-26(35-37)30-29(21-8-6-5-7-9-21)24-18-23(33)14-15-25(24)34-31(30)39/h5-15,18,27,30H,3-4,16-17,19H2,1-2H3. The van der Waals surface area contributed by atoms with Crippen molar-refractivity contribution < 1.29 is 9.59 Å². The van der Waals surface area contributed by atoms with Crippen molar-refractivity contribution in [2.75, 3.05) is 19.6 Å². The number of rotatable bonds is 8. The van der Waals surface area contributed by atoms with Gasteiger partial charge in [-0.05, 0) is 60.1 Å². The predicted molar refractivity (Wildman–Crippen MR) is 161 cm³/mol. The fourth-order valence-electron chi connectivity index (χ4n) is 5.32. The third kappa shape index (κ3) is 5.83. The van der Waals surface area contributed by atoms with E-state index in [0.29, 0.717) is 30.5 Å². The quantitative estimate of drug-likeness (QED) is 0.335. The number of carbonyl (C=O) groups is 2. The van der Waals surface area contributed by atoms with Gasteiger partial charge in [0, 0.05) is 33.6 Å². The van der Waals surface area contributed by atoms with Gasteiger partial charge in [-0.3, -0.25) is 9.59 Å². The first-order valence-electron chi connectivity index (χ1n) is 13.2. The average Bonchev–Trinajstić information content (AvgIpc) is 3.39. The lowest BCUT2D eigenvalue weighted by Gasteiger charge is -2.24.